The monoisotopic (exact) mass is 246 g/mol. The SMILES string of the molecule is CCN1C(=O)C(NC)CC(C)(C)c2ccccc21. The molecule has 98 valence electrons. The molecule has 1 unspecified atom stereocenters. The van der Waals surface area contributed by atoms with Gasteiger partial charge in [0, 0.05) is 12.2 Å². The van der Waals surface area contributed by atoms with Crippen LogP contribution in [0.3, 0.4) is 0 Å². The van der Waals surface area contributed by atoms with Crippen LogP contribution in [-0.4, -0.2) is 25.5 Å². The maximum atomic E-state index is 12.5. The summed E-state index contributed by atoms with van der Waals surface area (Å²) in [6, 6.07) is 8.15. The molecular weight excluding hydrogens is 224 g/mol. The molecule has 1 aliphatic rings. The zero-order chi connectivity index (χ0) is 13.3. The Kier molecular flexibility index (Phi) is 3.44. The lowest BCUT2D eigenvalue weighted by molar-refractivity contribution is -0.120. The number of rotatable bonds is 2. The highest BCUT2D eigenvalue weighted by molar-refractivity contribution is 5.99. The third-order valence-corrected chi connectivity index (χ3v) is 3.87. The van der Waals surface area contributed by atoms with Gasteiger partial charge in [-0.15, -0.1) is 0 Å². The molecule has 2 rings (SSSR count). The normalized spacial score (nSPS) is 22.6. The van der Waals surface area contributed by atoms with Gasteiger partial charge in [-0.1, -0.05) is 32.0 Å². The number of benzene rings is 1. The summed E-state index contributed by atoms with van der Waals surface area (Å²) in [7, 11) is 1.86. The van der Waals surface area contributed by atoms with E-state index in [4.69, 9.17) is 0 Å². The van der Waals surface area contributed by atoms with Crippen molar-refractivity contribution in [3.8, 4) is 0 Å². The van der Waals surface area contributed by atoms with E-state index in [-0.39, 0.29) is 17.4 Å². The summed E-state index contributed by atoms with van der Waals surface area (Å²) in [6.45, 7) is 7.16. The summed E-state index contributed by atoms with van der Waals surface area (Å²) in [6.07, 6.45) is 0.829. The third kappa shape index (κ3) is 2.03. The maximum Gasteiger partial charge on any atom is 0.244 e. The van der Waals surface area contributed by atoms with Crippen molar-refractivity contribution in [2.75, 3.05) is 18.5 Å². The van der Waals surface area contributed by atoms with Gasteiger partial charge in [0.05, 0.1) is 6.04 Å². The molecule has 3 nitrogen and oxygen atoms in total. The lowest BCUT2D eigenvalue weighted by Crippen LogP contribution is -2.45. The van der Waals surface area contributed by atoms with Crippen molar-refractivity contribution < 1.29 is 4.79 Å². The molecule has 0 spiro atoms. The number of nitrogens with one attached hydrogen (secondary N) is 1. The Bertz CT molecular complexity index is 454. The largest absolute Gasteiger partial charge is 0.311 e. The zero-order valence-corrected chi connectivity index (χ0v) is 11.7. The molecule has 1 aliphatic heterocycles. The molecule has 3 heteroatoms. The second-order valence-electron chi connectivity index (χ2n) is 5.53. The van der Waals surface area contributed by atoms with E-state index in [9.17, 15) is 4.79 Å². The topological polar surface area (TPSA) is 32.3 Å². The van der Waals surface area contributed by atoms with Crippen molar-refractivity contribution in [2.45, 2.75) is 38.6 Å². The minimum absolute atomic E-state index is 0.00382. The second-order valence-corrected chi connectivity index (χ2v) is 5.53. The van der Waals surface area contributed by atoms with Gasteiger partial charge in [0.2, 0.25) is 5.91 Å². The number of amides is 1. The van der Waals surface area contributed by atoms with Crippen LogP contribution in [0.2, 0.25) is 0 Å². The average Bonchev–Trinajstić information content (AvgIpc) is 2.44. The molecule has 0 radical (unpaired) electrons. The number of carbonyl (C=O) groups excluding carboxylic acids is 1. The molecule has 0 aromatic heterocycles. The van der Waals surface area contributed by atoms with Crippen LogP contribution >= 0.6 is 0 Å². The minimum Gasteiger partial charge on any atom is -0.311 e. The fourth-order valence-electron chi connectivity index (χ4n) is 2.85. The van der Waals surface area contributed by atoms with E-state index in [1.165, 1.54) is 5.56 Å². The molecule has 1 amide bonds. The van der Waals surface area contributed by atoms with Crippen LogP contribution in [0.5, 0.6) is 0 Å². The van der Waals surface area contributed by atoms with Crippen molar-refractivity contribution in [2.24, 2.45) is 0 Å². The first-order valence-corrected chi connectivity index (χ1v) is 6.59. The number of carbonyl (C=O) groups is 1. The Balaban J connectivity index is 2.58. The molecule has 1 aromatic carbocycles. The Labute approximate surface area is 109 Å². The summed E-state index contributed by atoms with van der Waals surface area (Å²) >= 11 is 0. The van der Waals surface area contributed by atoms with Crippen molar-refractivity contribution in [1.82, 2.24) is 5.32 Å². The molecule has 0 bridgehead atoms. The van der Waals surface area contributed by atoms with Gasteiger partial charge < -0.3 is 10.2 Å². The van der Waals surface area contributed by atoms with E-state index in [2.05, 4.69) is 37.4 Å². The number of para-hydroxylation sites is 1. The molecule has 0 aliphatic carbocycles. The van der Waals surface area contributed by atoms with E-state index in [0.29, 0.717) is 6.54 Å². The Hall–Kier alpha value is -1.35. The van der Waals surface area contributed by atoms with Crippen LogP contribution in [-0.2, 0) is 10.2 Å². The van der Waals surface area contributed by atoms with Crippen molar-refractivity contribution in [1.29, 1.82) is 0 Å². The lowest BCUT2D eigenvalue weighted by Gasteiger charge is -2.27. The van der Waals surface area contributed by atoms with Gasteiger partial charge in [-0.25, -0.2) is 0 Å². The van der Waals surface area contributed by atoms with E-state index in [0.717, 1.165) is 12.1 Å². The molecule has 0 saturated heterocycles. The number of likely N-dealkylation sites (N-methyl/N-ethyl adjacent to an activating group) is 2. The molecular formula is C15H22N2O. The van der Waals surface area contributed by atoms with Crippen LogP contribution in [0.25, 0.3) is 0 Å². The number of anilines is 1. The fraction of sp³-hybridized carbons (Fsp3) is 0.533. The first kappa shape index (κ1) is 13.1. The van der Waals surface area contributed by atoms with E-state index >= 15 is 0 Å². The number of fused-ring (bicyclic) bond motifs is 1. The summed E-state index contributed by atoms with van der Waals surface area (Å²) in [5.74, 6) is 0.179. The minimum atomic E-state index is -0.104. The zero-order valence-electron chi connectivity index (χ0n) is 11.7. The first-order valence-electron chi connectivity index (χ1n) is 6.59. The molecule has 1 aromatic rings. The number of nitrogens with zero attached hydrogens (tertiary/aromatic N) is 1. The predicted molar refractivity (Wildman–Crippen MR) is 75.0 cm³/mol. The van der Waals surface area contributed by atoms with E-state index in [1.807, 2.05) is 24.9 Å². The fourth-order valence-corrected chi connectivity index (χ4v) is 2.85. The summed E-state index contributed by atoms with van der Waals surface area (Å²) in [4.78, 5) is 14.4. The lowest BCUT2D eigenvalue weighted by atomic mass is 9.79. The van der Waals surface area contributed by atoms with Crippen molar-refractivity contribution in [3.05, 3.63) is 29.8 Å². The van der Waals surface area contributed by atoms with Crippen LogP contribution in [0.1, 0.15) is 32.8 Å². The van der Waals surface area contributed by atoms with Gasteiger partial charge in [0.15, 0.2) is 0 Å². The van der Waals surface area contributed by atoms with Gasteiger partial charge in [-0.3, -0.25) is 4.79 Å². The first-order chi connectivity index (χ1) is 8.51. The van der Waals surface area contributed by atoms with Crippen molar-refractivity contribution >= 4 is 11.6 Å². The smallest absolute Gasteiger partial charge is 0.244 e. The molecule has 1 N–H and O–H groups in total. The van der Waals surface area contributed by atoms with Crippen LogP contribution in [0, 0.1) is 0 Å². The quantitative estimate of drug-likeness (QED) is 0.868. The van der Waals surface area contributed by atoms with E-state index < -0.39 is 0 Å². The summed E-state index contributed by atoms with van der Waals surface area (Å²) < 4.78 is 0. The highest BCUT2D eigenvalue weighted by Crippen LogP contribution is 2.38. The van der Waals surface area contributed by atoms with E-state index in [1.54, 1.807) is 0 Å². The maximum absolute atomic E-state index is 12.5. The Morgan fingerprint density at radius 2 is 2.06 bits per heavy atom. The second kappa shape index (κ2) is 4.73. The standard InChI is InChI=1S/C15H22N2O/c1-5-17-13-9-7-6-8-11(13)15(2,3)10-12(16-4)14(17)18/h6-9,12,16H,5,10H2,1-4H3. The number of hydrogen-bond acceptors (Lipinski definition) is 2. The summed E-state index contributed by atoms with van der Waals surface area (Å²) in [5, 5.41) is 3.16. The Morgan fingerprint density at radius 3 is 2.67 bits per heavy atom. The molecule has 1 atom stereocenters. The average molecular weight is 246 g/mol. The van der Waals surface area contributed by atoms with Crippen LogP contribution < -0.4 is 10.2 Å². The molecule has 0 saturated carbocycles. The molecule has 0 fully saturated rings. The Morgan fingerprint density at radius 1 is 1.39 bits per heavy atom. The number of hydrogen-bond donors (Lipinski definition) is 1. The van der Waals surface area contributed by atoms with Crippen molar-refractivity contribution in [3.63, 3.8) is 0 Å². The molecule has 18 heavy (non-hydrogen) atoms. The van der Waals surface area contributed by atoms with Gasteiger partial charge in [-0.05, 0) is 37.4 Å². The van der Waals surface area contributed by atoms with Gasteiger partial charge >= 0.3 is 0 Å². The van der Waals surface area contributed by atoms with Crippen LogP contribution in [0.4, 0.5) is 5.69 Å². The summed E-state index contributed by atoms with van der Waals surface area (Å²) in [5.41, 5.74) is 2.33. The highest BCUT2D eigenvalue weighted by Gasteiger charge is 2.37. The third-order valence-electron chi connectivity index (χ3n) is 3.87. The van der Waals surface area contributed by atoms with Gasteiger partial charge in [0.25, 0.3) is 0 Å². The predicted octanol–water partition coefficient (Wildman–Crippen LogP) is 2.31. The van der Waals surface area contributed by atoms with Crippen LogP contribution in [0.15, 0.2) is 24.3 Å². The molecule has 1 heterocycles. The van der Waals surface area contributed by atoms with Gasteiger partial charge in [0.1, 0.15) is 0 Å². The highest BCUT2D eigenvalue weighted by atomic mass is 16.2. The van der Waals surface area contributed by atoms with Gasteiger partial charge in [-0.2, -0.15) is 0 Å².